The molecule has 1 aliphatic rings. The SMILES string of the molecule is C#Cc1ccc(/N=N/C2=C(O)C(C(=O)OCC)C(C)(C)CC2=O)cc1. The third kappa shape index (κ3) is 3.94. The minimum Gasteiger partial charge on any atom is -0.509 e. The number of terminal acetylenes is 1. The Morgan fingerprint density at radius 2 is 2.00 bits per heavy atom. The Morgan fingerprint density at radius 3 is 2.56 bits per heavy atom. The molecule has 0 fully saturated rings. The summed E-state index contributed by atoms with van der Waals surface area (Å²) in [5.41, 5.74) is 0.197. The first kappa shape index (κ1) is 18.4. The number of aliphatic hydroxyl groups is 1. The van der Waals surface area contributed by atoms with Gasteiger partial charge in [-0.2, -0.15) is 5.11 Å². The van der Waals surface area contributed by atoms with Gasteiger partial charge in [0.1, 0.15) is 11.7 Å². The van der Waals surface area contributed by atoms with E-state index in [2.05, 4.69) is 16.1 Å². The van der Waals surface area contributed by atoms with Gasteiger partial charge < -0.3 is 9.84 Å². The van der Waals surface area contributed by atoms with Crippen LogP contribution in [0.1, 0.15) is 32.8 Å². The summed E-state index contributed by atoms with van der Waals surface area (Å²) in [6, 6.07) is 6.68. The van der Waals surface area contributed by atoms with Crippen molar-refractivity contribution in [2.24, 2.45) is 21.6 Å². The first-order valence-electron chi connectivity index (χ1n) is 7.91. The summed E-state index contributed by atoms with van der Waals surface area (Å²) in [6.07, 6.45) is 5.35. The van der Waals surface area contributed by atoms with Gasteiger partial charge in [-0.3, -0.25) is 9.59 Å². The minimum atomic E-state index is -0.956. The number of azo groups is 1. The predicted molar refractivity (Wildman–Crippen MR) is 92.1 cm³/mol. The highest BCUT2D eigenvalue weighted by Crippen LogP contribution is 2.42. The quantitative estimate of drug-likeness (QED) is 0.514. The molecule has 25 heavy (non-hydrogen) atoms. The van der Waals surface area contributed by atoms with E-state index >= 15 is 0 Å². The monoisotopic (exact) mass is 340 g/mol. The van der Waals surface area contributed by atoms with Gasteiger partial charge >= 0.3 is 5.97 Å². The second-order valence-corrected chi connectivity index (χ2v) is 6.40. The number of rotatable bonds is 4. The number of carbonyl (C=O) groups is 2. The molecule has 1 aromatic rings. The van der Waals surface area contributed by atoms with E-state index in [4.69, 9.17) is 11.2 Å². The van der Waals surface area contributed by atoms with Crippen molar-refractivity contribution in [3.05, 3.63) is 41.3 Å². The number of esters is 1. The maximum absolute atomic E-state index is 12.3. The summed E-state index contributed by atoms with van der Waals surface area (Å²) >= 11 is 0. The molecule has 0 amide bonds. The fraction of sp³-hybridized carbons (Fsp3) is 0.368. The predicted octanol–water partition coefficient (Wildman–Crippen LogP) is 3.70. The molecule has 0 aliphatic heterocycles. The topological polar surface area (TPSA) is 88.3 Å². The van der Waals surface area contributed by atoms with Crippen molar-refractivity contribution in [2.45, 2.75) is 27.2 Å². The molecule has 1 unspecified atom stereocenters. The van der Waals surface area contributed by atoms with Crippen LogP contribution in [0.3, 0.4) is 0 Å². The Morgan fingerprint density at radius 1 is 1.36 bits per heavy atom. The van der Waals surface area contributed by atoms with Gasteiger partial charge in [0.2, 0.25) is 0 Å². The van der Waals surface area contributed by atoms with E-state index in [9.17, 15) is 14.7 Å². The Balaban J connectivity index is 2.37. The molecule has 1 aromatic carbocycles. The summed E-state index contributed by atoms with van der Waals surface area (Å²) in [5.74, 6) is 0.182. The zero-order valence-corrected chi connectivity index (χ0v) is 14.4. The number of nitrogens with zero attached hydrogens (tertiary/aromatic N) is 2. The molecular formula is C19H20N2O4. The Hall–Kier alpha value is -2.94. The Bertz CT molecular complexity index is 783. The van der Waals surface area contributed by atoms with E-state index in [0.29, 0.717) is 11.3 Å². The minimum absolute atomic E-state index is 0.0604. The zero-order valence-electron chi connectivity index (χ0n) is 14.4. The third-order valence-electron chi connectivity index (χ3n) is 4.00. The number of ketones is 1. The van der Waals surface area contributed by atoms with Crippen LogP contribution in [0.2, 0.25) is 0 Å². The molecule has 1 N–H and O–H groups in total. The van der Waals surface area contributed by atoms with Crippen LogP contribution in [0.25, 0.3) is 0 Å². The van der Waals surface area contributed by atoms with Crippen LogP contribution in [0.15, 0.2) is 46.0 Å². The lowest BCUT2D eigenvalue weighted by molar-refractivity contribution is -0.152. The number of Topliss-reactive ketones (excluding diaryl/α,β-unsaturated/α-hetero) is 1. The van der Waals surface area contributed by atoms with Crippen molar-refractivity contribution < 1.29 is 19.4 Å². The lowest BCUT2D eigenvalue weighted by Crippen LogP contribution is -2.40. The first-order valence-corrected chi connectivity index (χ1v) is 7.91. The summed E-state index contributed by atoms with van der Waals surface area (Å²) < 4.78 is 5.02. The second-order valence-electron chi connectivity index (χ2n) is 6.40. The molecule has 2 rings (SSSR count). The number of hydrogen-bond acceptors (Lipinski definition) is 6. The van der Waals surface area contributed by atoms with Crippen molar-refractivity contribution >= 4 is 17.4 Å². The van der Waals surface area contributed by atoms with E-state index < -0.39 is 23.1 Å². The molecule has 0 bridgehead atoms. The summed E-state index contributed by atoms with van der Waals surface area (Å²) in [6.45, 7) is 5.33. The Kier molecular flexibility index (Phi) is 5.38. The molecule has 0 saturated carbocycles. The number of carbonyl (C=O) groups excluding carboxylic acids is 2. The number of ether oxygens (including phenoxy) is 1. The van der Waals surface area contributed by atoms with E-state index in [1.54, 1.807) is 45.0 Å². The highest BCUT2D eigenvalue weighted by atomic mass is 16.5. The van der Waals surface area contributed by atoms with Gasteiger partial charge in [0.25, 0.3) is 0 Å². The van der Waals surface area contributed by atoms with E-state index in [-0.39, 0.29) is 24.5 Å². The zero-order chi connectivity index (χ0) is 18.6. The van der Waals surface area contributed by atoms with Crippen LogP contribution in [-0.2, 0) is 14.3 Å². The van der Waals surface area contributed by atoms with Crippen molar-refractivity contribution in [1.29, 1.82) is 0 Å². The van der Waals surface area contributed by atoms with Crippen LogP contribution >= 0.6 is 0 Å². The average molecular weight is 340 g/mol. The lowest BCUT2D eigenvalue weighted by atomic mass is 9.70. The number of benzene rings is 1. The number of aliphatic hydroxyl groups excluding tert-OH is 1. The normalized spacial score (nSPS) is 19.8. The van der Waals surface area contributed by atoms with Gasteiger partial charge in [0.05, 0.1) is 12.3 Å². The summed E-state index contributed by atoms with van der Waals surface area (Å²) in [7, 11) is 0. The van der Waals surface area contributed by atoms with E-state index in [0.717, 1.165) is 0 Å². The third-order valence-corrected chi connectivity index (χ3v) is 4.00. The fourth-order valence-corrected chi connectivity index (χ4v) is 2.74. The maximum Gasteiger partial charge on any atom is 0.317 e. The van der Waals surface area contributed by atoms with Crippen LogP contribution < -0.4 is 0 Å². The van der Waals surface area contributed by atoms with Gasteiger partial charge in [-0.15, -0.1) is 11.5 Å². The maximum atomic E-state index is 12.3. The molecule has 0 spiro atoms. The molecule has 6 nitrogen and oxygen atoms in total. The van der Waals surface area contributed by atoms with Crippen molar-refractivity contribution in [3.8, 4) is 12.3 Å². The lowest BCUT2D eigenvalue weighted by Gasteiger charge is -2.35. The van der Waals surface area contributed by atoms with Gasteiger partial charge in [-0.25, -0.2) is 0 Å². The van der Waals surface area contributed by atoms with Crippen molar-refractivity contribution in [2.75, 3.05) is 6.61 Å². The van der Waals surface area contributed by atoms with Crippen LogP contribution in [0, 0.1) is 23.7 Å². The van der Waals surface area contributed by atoms with Crippen LogP contribution in [0.4, 0.5) is 5.69 Å². The largest absolute Gasteiger partial charge is 0.509 e. The van der Waals surface area contributed by atoms with Crippen molar-refractivity contribution in [1.82, 2.24) is 0 Å². The number of allylic oxidation sites excluding steroid dienone is 1. The summed E-state index contributed by atoms with van der Waals surface area (Å²) in [4.78, 5) is 24.5. The van der Waals surface area contributed by atoms with Crippen LogP contribution in [0.5, 0.6) is 0 Å². The van der Waals surface area contributed by atoms with E-state index in [1.165, 1.54) is 0 Å². The Labute approximate surface area is 146 Å². The van der Waals surface area contributed by atoms with Crippen LogP contribution in [-0.4, -0.2) is 23.5 Å². The highest BCUT2D eigenvalue weighted by molar-refractivity contribution is 5.99. The molecular weight excluding hydrogens is 320 g/mol. The average Bonchev–Trinajstić information content (AvgIpc) is 2.54. The molecule has 0 heterocycles. The summed E-state index contributed by atoms with van der Waals surface area (Å²) in [5, 5.41) is 18.3. The second kappa shape index (κ2) is 7.31. The molecule has 6 heteroatoms. The standard InChI is InChI=1S/C19H20N2O4/c1-5-12-7-9-13(10-8-12)20-21-16-14(22)11-19(3,4)15(17(16)23)18(24)25-6-2/h1,7-10,15,23H,6,11H2,2-4H3/b21-20+. The molecule has 0 aromatic heterocycles. The molecule has 130 valence electrons. The first-order chi connectivity index (χ1) is 11.8. The molecule has 1 aliphatic carbocycles. The highest BCUT2D eigenvalue weighted by Gasteiger charge is 2.47. The molecule has 0 radical (unpaired) electrons. The van der Waals surface area contributed by atoms with Crippen molar-refractivity contribution in [3.63, 3.8) is 0 Å². The van der Waals surface area contributed by atoms with Gasteiger partial charge in [-0.1, -0.05) is 19.8 Å². The van der Waals surface area contributed by atoms with E-state index in [1.807, 2.05) is 0 Å². The molecule has 0 saturated heterocycles. The fourth-order valence-electron chi connectivity index (χ4n) is 2.74. The molecule has 1 atom stereocenters. The number of hydrogen-bond donors (Lipinski definition) is 1. The van der Waals surface area contributed by atoms with Gasteiger partial charge in [0.15, 0.2) is 11.5 Å². The van der Waals surface area contributed by atoms with Gasteiger partial charge in [0, 0.05) is 12.0 Å². The smallest absolute Gasteiger partial charge is 0.317 e. The van der Waals surface area contributed by atoms with Gasteiger partial charge in [-0.05, 0) is 36.6 Å².